The fourth-order valence-corrected chi connectivity index (χ4v) is 2.67. The van der Waals surface area contributed by atoms with Crippen molar-refractivity contribution in [1.82, 2.24) is 15.1 Å². The second-order valence-corrected chi connectivity index (χ2v) is 5.47. The van der Waals surface area contributed by atoms with Crippen LogP contribution in [0.3, 0.4) is 0 Å². The van der Waals surface area contributed by atoms with Gasteiger partial charge in [0.1, 0.15) is 0 Å². The predicted octanol–water partition coefficient (Wildman–Crippen LogP) is 1.15. The number of hydrogen-bond donors (Lipinski definition) is 1. The predicted molar refractivity (Wildman–Crippen MR) is 86.8 cm³/mol. The van der Waals surface area contributed by atoms with Crippen LogP contribution in [0, 0.1) is 0 Å². The molecule has 0 aliphatic carbocycles. The lowest BCUT2D eigenvalue weighted by atomic mass is 10.0. The summed E-state index contributed by atoms with van der Waals surface area (Å²) in [6, 6.07) is 0.0605. The molecule has 0 radical (unpaired) electrons. The molecule has 1 fully saturated rings. The zero-order chi connectivity index (χ0) is 17.2. The Labute approximate surface area is 137 Å². The van der Waals surface area contributed by atoms with Crippen molar-refractivity contribution in [1.29, 1.82) is 0 Å². The molecule has 23 heavy (non-hydrogen) atoms. The van der Waals surface area contributed by atoms with E-state index in [9.17, 15) is 14.4 Å². The van der Waals surface area contributed by atoms with Crippen molar-refractivity contribution in [2.24, 2.45) is 0 Å². The molecule has 0 aromatic carbocycles. The zero-order valence-corrected chi connectivity index (χ0v) is 14.0. The Balaban J connectivity index is 2.47. The van der Waals surface area contributed by atoms with E-state index in [2.05, 4.69) is 11.9 Å². The molecule has 0 unspecified atom stereocenters. The van der Waals surface area contributed by atoms with E-state index in [0.29, 0.717) is 45.6 Å². The van der Waals surface area contributed by atoms with Crippen LogP contribution in [-0.2, 0) is 14.3 Å². The summed E-state index contributed by atoms with van der Waals surface area (Å²) in [5.74, 6) is -0.142. The van der Waals surface area contributed by atoms with Crippen molar-refractivity contribution in [2.75, 3.05) is 32.8 Å². The highest BCUT2D eigenvalue weighted by atomic mass is 16.6. The number of nitrogens with zero attached hydrogens (tertiary/aromatic N) is 2. The average molecular weight is 325 g/mol. The van der Waals surface area contributed by atoms with Crippen LogP contribution in [0.5, 0.6) is 0 Å². The van der Waals surface area contributed by atoms with Gasteiger partial charge in [0.25, 0.3) is 0 Å². The van der Waals surface area contributed by atoms with E-state index in [1.54, 1.807) is 22.8 Å². The number of ether oxygens (including phenoxy) is 1. The minimum absolute atomic E-state index is 0.0453. The van der Waals surface area contributed by atoms with Gasteiger partial charge in [0.15, 0.2) is 0 Å². The molecule has 0 aromatic heterocycles. The summed E-state index contributed by atoms with van der Waals surface area (Å²) >= 11 is 0. The first-order chi connectivity index (χ1) is 11.0. The van der Waals surface area contributed by atoms with Gasteiger partial charge in [-0.15, -0.1) is 6.58 Å². The minimum Gasteiger partial charge on any atom is -0.450 e. The number of nitrogens with one attached hydrogen (secondary N) is 1. The molecular weight excluding hydrogens is 298 g/mol. The summed E-state index contributed by atoms with van der Waals surface area (Å²) in [7, 11) is 0. The first kappa shape index (κ1) is 19.0. The van der Waals surface area contributed by atoms with Gasteiger partial charge in [-0.3, -0.25) is 9.59 Å². The van der Waals surface area contributed by atoms with E-state index in [-0.39, 0.29) is 30.4 Å². The topological polar surface area (TPSA) is 79.0 Å². The maximum absolute atomic E-state index is 11.9. The van der Waals surface area contributed by atoms with Crippen LogP contribution in [0.4, 0.5) is 4.79 Å². The smallest absolute Gasteiger partial charge is 0.409 e. The van der Waals surface area contributed by atoms with Crippen LogP contribution >= 0.6 is 0 Å². The van der Waals surface area contributed by atoms with Crippen LogP contribution in [0.15, 0.2) is 12.7 Å². The summed E-state index contributed by atoms with van der Waals surface area (Å²) in [6.45, 7) is 9.14. The molecule has 0 atom stereocenters. The molecule has 130 valence electrons. The molecule has 0 spiro atoms. The third-order valence-corrected chi connectivity index (χ3v) is 3.86. The van der Waals surface area contributed by atoms with E-state index in [1.165, 1.54) is 6.92 Å². The number of amides is 3. The summed E-state index contributed by atoms with van der Waals surface area (Å²) in [5, 5.41) is 2.70. The lowest BCUT2D eigenvalue weighted by molar-refractivity contribution is -0.132. The fourth-order valence-electron chi connectivity index (χ4n) is 2.67. The van der Waals surface area contributed by atoms with Gasteiger partial charge < -0.3 is 19.9 Å². The Kier molecular flexibility index (Phi) is 8.15. The van der Waals surface area contributed by atoms with Crippen LogP contribution in [-0.4, -0.2) is 66.5 Å². The zero-order valence-electron chi connectivity index (χ0n) is 14.0. The van der Waals surface area contributed by atoms with Crippen LogP contribution in [0.25, 0.3) is 0 Å². The van der Waals surface area contributed by atoms with Crippen molar-refractivity contribution < 1.29 is 19.1 Å². The molecule has 1 N–H and O–H groups in total. The normalized spacial score (nSPS) is 15.0. The molecule has 1 aliphatic rings. The monoisotopic (exact) mass is 325 g/mol. The van der Waals surface area contributed by atoms with E-state index < -0.39 is 0 Å². The third kappa shape index (κ3) is 6.30. The molecule has 3 amide bonds. The number of likely N-dealkylation sites (tertiary alicyclic amines) is 1. The lowest BCUT2D eigenvalue weighted by Gasteiger charge is -2.37. The Morgan fingerprint density at radius 1 is 1.35 bits per heavy atom. The lowest BCUT2D eigenvalue weighted by Crippen LogP contribution is -2.49. The highest BCUT2D eigenvalue weighted by Gasteiger charge is 2.28. The third-order valence-electron chi connectivity index (χ3n) is 3.86. The summed E-state index contributed by atoms with van der Waals surface area (Å²) in [5.41, 5.74) is 0. The fraction of sp³-hybridized carbons (Fsp3) is 0.688. The number of piperidine rings is 1. The maximum atomic E-state index is 11.9. The molecule has 1 aliphatic heterocycles. The first-order valence-corrected chi connectivity index (χ1v) is 8.06. The van der Waals surface area contributed by atoms with Crippen molar-refractivity contribution in [3.63, 3.8) is 0 Å². The summed E-state index contributed by atoms with van der Waals surface area (Å²) < 4.78 is 4.99. The van der Waals surface area contributed by atoms with Crippen molar-refractivity contribution in [3.05, 3.63) is 12.7 Å². The quantitative estimate of drug-likeness (QED) is 0.712. The Morgan fingerprint density at radius 2 is 2.00 bits per heavy atom. The number of hydrogen-bond acceptors (Lipinski definition) is 4. The molecule has 1 rings (SSSR count). The van der Waals surface area contributed by atoms with Gasteiger partial charge in [-0.2, -0.15) is 0 Å². The van der Waals surface area contributed by atoms with Gasteiger partial charge in [-0.1, -0.05) is 6.08 Å². The maximum Gasteiger partial charge on any atom is 0.409 e. The van der Waals surface area contributed by atoms with Crippen molar-refractivity contribution >= 4 is 17.9 Å². The highest BCUT2D eigenvalue weighted by molar-refractivity contribution is 5.78. The average Bonchev–Trinajstić information content (AvgIpc) is 2.53. The van der Waals surface area contributed by atoms with Gasteiger partial charge in [0.05, 0.1) is 6.61 Å². The highest BCUT2D eigenvalue weighted by Crippen LogP contribution is 2.18. The van der Waals surface area contributed by atoms with Gasteiger partial charge in [0.2, 0.25) is 11.8 Å². The second-order valence-electron chi connectivity index (χ2n) is 5.47. The summed E-state index contributed by atoms with van der Waals surface area (Å²) in [4.78, 5) is 38.6. The molecular formula is C16H27N3O4. The van der Waals surface area contributed by atoms with E-state index in [0.717, 1.165) is 0 Å². The van der Waals surface area contributed by atoms with Gasteiger partial charge in [-0.05, 0) is 19.8 Å². The molecule has 0 saturated carbocycles. The molecule has 0 aromatic rings. The molecule has 7 heteroatoms. The minimum atomic E-state index is -0.302. The van der Waals surface area contributed by atoms with Crippen molar-refractivity contribution in [3.8, 4) is 0 Å². The SMILES string of the molecule is C=CCNC(=O)CCN(C(C)=O)C1CCN(C(=O)OCC)CC1. The Hall–Kier alpha value is -2.05. The van der Waals surface area contributed by atoms with E-state index in [1.807, 2.05) is 0 Å². The standard InChI is InChI=1S/C16H27N3O4/c1-4-9-17-15(21)8-12-19(13(3)20)14-6-10-18(11-7-14)16(22)23-5-2/h4,14H,1,5-12H2,2-3H3,(H,17,21). The molecule has 1 heterocycles. The number of carbonyl (C=O) groups is 3. The van der Waals surface area contributed by atoms with Gasteiger partial charge in [-0.25, -0.2) is 4.79 Å². The number of rotatable bonds is 7. The summed E-state index contributed by atoms with van der Waals surface area (Å²) in [6.07, 6.45) is 2.99. The van der Waals surface area contributed by atoms with E-state index in [4.69, 9.17) is 4.74 Å². The van der Waals surface area contributed by atoms with E-state index >= 15 is 0 Å². The molecule has 0 bridgehead atoms. The number of carbonyl (C=O) groups excluding carboxylic acids is 3. The first-order valence-electron chi connectivity index (χ1n) is 8.06. The molecule has 7 nitrogen and oxygen atoms in total. The molecule has 1 saturated heterocycles. The Morgan fingerprint density at radius 3 is 2.52 bits per heavy atom. The second kappa shape index (κ2) is 9.86. The van der Waals surface area contributed by atoms with Crippen LogP contribution in [0.1, 0.15) is 33.1 Å². The van der Waals surface area contributed by atoms with Crippen molar-refractivity contribution in [2.45, 2.75) is 39.2 Å². The van der Waals surface area contributed by atoms with Crippen LogP contribution in [0.2, 0.25) is 0 Å². The van der Waals surface area contributed by atoms with Crippen LogP contribution < -0.4 is 5.32 Å². The van der Waals surface area contributed by atoms with Gasteiger partial charge in [0, 0.05) is 45.6 Å². The largest absolute Gasteiger partial charge is 0.450 e. The Bertz CT molecular complexity index is 431. The van der Waals surface area contributed by atoms with Gasteiger partial charge >= 0.3 is 6.09 Å².